The highest BCUT2D eigenvalue weighted by Crippen LogP contribution is 2.31. The van der Waals surface area contributed by atoms with E-state index in [2.05, 4.69) is 6.07 Å². The number of para-hydroxylation sites is 1. The minimum Gasteiger partial charge on any atom is -0.258 e. The van der Waals surface area contributed by atoms with Crippen molar-refractivity contribution in [3.05, 3.63) is 69.8 Å². The number of thioether (sulfide) groups is 1. The molecule has 2 rings (SSSR count). The van der Waals surface area contributed by atoms with Gasteiger partial charge in [0.2, 0.25) is 0 Å². The Balaban J connectivity index is 2.20. The molecule has 0 saturated heterocycles. The molecule has 0 aliphatic heterocycles. The van der Waals surface area contributed by atoms with Gasteiger partial charge in [-0.25, -0.2) is 0 Å². The van der Waals surface area contributed by atoms with Crippen molar-refractivity contribution in [3.8, 4) is 6.07 Å². The summed E-state index contributed by atoms with van der Waals surface area (Å²) in [5.41, 5.74) is 1.59. The molecular weight excluding hydrogens is 260 g/mol. The summed E-state index contributed by atoms with van der Waals surface area (Å²) in [6.45, 7) is 0. The van der Waals surface area contributed by atoms with E-state index in [4.69, 9.17) is 5.26 Å². The number of nitriles is 1. The van der Waals surface area contributed by atoms with Gasteiger partial charge in [0, 0.05) is 11.8 Å². The minimum absolute atomic E-state index is 0.0990. The Labute approximate surface area is 114 Å². The molecule has 4 nitrogen and oxygen atoms in total. The maximum absolute atomic E-state index is 10.9. The van der Waals surface area contributed by atoms with Gasteiger partial charge in [-0.2, -0.15) is 5.26 Å². The van der Waals surface area contributed by atoms with Gasteiger partial charge in [0.25, 0.3) is 5.69 Å². The standard InChI is InChI=1S/C14H10N2O2S/c15-9-11-5-1-2-6-12(11)10-19-14-8-4-3-7-13(14)16(17)18/h1-8H,10H2. The van der Waals surface area contributed by atoms with Gasteiger partial charge in [0.1, 0.15) is 0 Å². The maximum atomic E-state index is 10.9. The molecule has 19 heavy (non-hydrogen) atoms. The highest BCUT2D eigenvalue weighted by molar-refractivity contribution is 7.98. The number of rotatable bonds is 4. The summed E-state index contributed by atoms with van der Waals surface area (Å²) in [4.78, 5) is 11.1. The lowest BCUT2D eigenvalue weighted by molar-refractivity contribution is -0.387. The van der Waals surface area contributed by atoms with Gasteiger partial charge in [-0.05, 0) is 17.7 Å². The van der Waals surface area contributed by atoms with Crippen LogP contribution in [0.2, 0.25) is 0 Å². The van der Waals surface area contributed by atoms with E-state index in [1.165, 1.54) is 17.8 Å². The predicted octanol–water partition coefficient (Wildman–Crippen LogP) is 3.76. The van der Waals surface area contributed by atoms with Crippen LogP contribution in [0.15, 0.2) is 53.4 Å². The molecule has 0 fully saturated rings. The van der Waals surface area contributed by atoms with E-state index in [1.54, 1.807) is 30.3 Å². The van der Waals surface area contributed by atoms with Crippen molar-refractivity contribution < 1.29 is 4.92 Å². The summed E-state index contributed by atoms with van der Waals surface area (Å²) >= 11 is 1.37. The van der Waals surface area contributed by atoms with E-state index < -0.39 is 4.92 Å². The Morgan fingerprint density at radius 1 is 1.16 bits per heavy atom. The normalized spacial score (nSPS) is 9.84. The number of nitro benzene ring substituents is 1. The molecule has 0 N–H and O–H groups in total. The van der Waals surface area contributed by atoms with Crippen LogP contribution in [0.3, 0.4) is 0 Å². The van der Waals surface area contributed by atoms with Crippen LogP contribution in [-0.2, 0) is 5.75 Å². The zero-order valence-corrected chi connectivity index (χ0v) is 10.8. The molecule has 0 spiro atoms. The third-order valence-electron chi connectivity index (χ3n) is 2.58. The molecular formula is C14H10N2O2S. The minimum atomic E-state index is -0.390. The fourth-order valence-electron chi connectivity index (χ4n) is 1.64. The molecule has 0 unspecified atom stereocenters. The van der Waals surface area contributed by atoms with Crippen LogP contribution in [0.4, 0.5) is 5.69 Å². The Morgan fingerprint density at radius 2 is 1.84 bits per heavy atom. The van der Waals surface area contributed by atoms with Gasteiger partial charge in [-0.3, -0.25) is 10.1 Å². The smallest absolute Gasteiger partial charge is 0.258 e. The Hall–Kier alpha value is -2.32. The molecule has 0 aliphatic carbocycles. The third-order valence-corrected chi connectivity index (χ3v) is 3.69. The first-order valence-corrected chi connectivity index (χ1v) is 6.55. The molecule has 0 aromatic heterocycles. The van der Waals surface area contributed by atoms with E-state index in [9.17, 15) is 10.1 Å². The number of nitro groups is 1. The fraction of sp³-hybridized carbons (Fsp3) is 0.0714. The van der Waals surface area contributed by atoms with Crippen LogP contribution in [0, 0.1) is 21.4 Å². The number of nitrogens with zero attached hydrogens (tertiary/aromatic N) is 2. The van der Waals surface area contributed by atoms with Crippen LogP contribution in [-0.4, -0.2) is 4.92 Å². The quantitative estimate of drug-likeness (QED) is 0.482. The van der Waals surface area contributed by atoms with Gasteiger partial charge < -0.3 is 0 Å². The molecule has 2 aromatic rings. The lowest BCUT2D eigenvalue weighted by Gasteiger charge is -2.04. The summed E-state index contributed by atoms with van der Waals surface area (Å²) in [5.74, 6) is 0.536. The zero-order chi connectivity index (χ0) is 13.7. The van der Waals surface area contributed by atoms with Crippen molar-refractivity contribution in [2.24, 2.45) is 0 Å². The van der Waals surface area contributed by atoms with E-state index in [0.29, 0.717) is 16.2 Å². The first-order valence-electron chi connectivity index (χ1n) is 5.56. The van der Waals surface area contributed by atoms with Crippen LogP contribution in [0.5, 0.6) is 0 Å². The molecule has 0 heterocycles. The molecule has 0 radical (unpaired) electrons. The van der Waals surface area contributed by atoms with Gasteiger partial charge in [-0.15, -0.1) is 11.8 Å². The second-order valence-electron chi connectivity index (χ2n) is 3.78. The molecule has 0 saturated carbocycles. The van der Waals surface area contributed by atoms with E-state index in [0.717, 1.165) is 5.56 Å². The highest BCUT2D eigenvalue weighted by atomic mass is 32.2. The Kier molecular flexibility index (Phi) is 4.16. The summed E-state index contributed by atoms with van der Waals surface area (Å²) in [5, 5.41) is 19.9. The zero-order valence-electron chi connectivity index (χ0n) is 9.95. The Morgan fingerprint density at radius 3 is 2.58 bits per heavy atom. The average Bonchev–Trinajstić information content (AvgIpc) is 2.45. The fourth-order valence-corrected chi connectivity index (χ4v) is 2.67. The number of hydrogen-bond donors (Lipinski definition) is 0. The van der Waals surface area contributed by atoms with Gasteiger partial charge >= 0.3 is 0 Å². The predicted molar refractivity (Wildman–Crippen MR) is 73.8 cm³/mol. The van der Waals surface area contributed by atoms with Gasteiger partial charge in [0.15, 0.2) is 0 Å². The second kappa shape index (κ2) is 6.03. The largest absolute Gasteiger partial charge is 0.282 e. The summed E-state index contributed by atoms with van der Waals surface area (Å²) < 4.78 is 0. The number of hydrogen-bond acceptors (Lipinski definition) is 4. The van der Waals surface area contributed by atoms with Crippen molar-refractivity contribution in [2.75, 3.05) is 0 Å². The van der Waals surface area contributed by atoms with Crippen LogP contribution in [0.1, 0.15) is 11.1 Å². The topological polar surface area (TPSA) is 66.9 Å². The molecule has 2 aromatic carbocycles. The van der Waals surface area contributed by atoms with Crippen molar-refractivity contribution in [2.45, 2.75) is 10.6 Å². The lowest BCUT2D eigenvalue weighted by atomic mass is 10.1. The van der Waals surface area contributed by atoms with Crippen LogP contribution in [0.25, 0.3) is 0 Å². The molecule has 0 aliphatic rings. The van der Waals surface area contributed by atoms with Crippen molar-refractivity contribution in [1.29, 1.82) is 5.26 Å². The van der Waals surface area contributed by atoms with Crippen LogP contribution < -0.4 is 0 Å². The highest BCUT2D eigenvalue weighted by Gasteiger charge is 2.13. The maximum Gasteiger partial charge on any atom is 0.282 e. The van der Waals surface area contributed by atoms with Crippen molar-refractivity contribution in [3.63, 3.8) is 0 Å². The first-order chi connectivity index (χ1) is 9.22. The molecule has 94 valence electrons. The summed E-state index contributed by atoms with van der Waals surface area (Å²) in [6, 6.07) is 16.0. The molecule has 0 amide bonds. The lowest BCUT2D eigenvalue weighted by Crippen LogP contribution is -1.91. The second-order valence-corrected chi connectivity index (χ2v) is 4.80. The van der Waals surface area contributed by atoms with Gasteiger partial charge in [-0.1, -0.05) is 30.3 Å². The molecule has 5 heteroatoms. The van der Waals surface area contributed by atoms with Crippen LogP contribution >= 0.6 is 11.8 Å². The summed E-state index contributed by atoms with van der Waals surface area (Å²) in [7, 11) is 0. The van der Waals surface area contributed by atoms with Crippen molar-refractivity contribution >= 4 is 17.4 Å². The van der Waals surface area contributed by atoms with Gasteiger partial charge in [0.05, 0.1) is 21.5 Å². The number of benzene rings is 2. The monoisotopic (exact) mass is 270 g/mol. The van der Waals surface area contributed by atoms with E-state index >= 15 is 0 Å². The molecule has 0 atom stereocenters. The summed E-state index contributed by atoms with van der Waals surface area (Å²) in [6.07, 6.45) is 0. The first kappa shape index (κ1) is 13.1. The van der Waals surface area contributed by atoms with E-state index in [-0.39, 0.29) is 5.69 Å². The Bertz CT molecular complexity index is 650. The van der Waals surface area contributed by atoms with Crippen molar-refractivity contribution in [1.82, 2.24) is 0 Å². The molecule has 0 bridgehead atoms. The average molecular weight is 270 g/mol. The SMILES string of the molecule is N#Cc1ccccc1CSc1ccccc1[N+](=O)[O-]. The van der Waals surface area contributed by atoms with E-state index in [1.807, 2.05) is 12.1 Å². The third kappa shape index (κ3) is 3.12.